The van der Waals surface area contributed by atoms with E-state index in [2.05, 4.69) is 65.9 Å². The van der Waals surface area contributed by atoms with Crippen LogP contribution < -0.4 is 0 Å². The van der Waals surface area contributed by atoms with Crippen LogP contribution in [0.4, 0.5) is 0 Å². The van der Waals surface area contributed by atoms with Crippen molar-refractivity contribution in [3.63, 3.8) is 0 Å². The molecule has 2 aromatic carbocycles. The smallest absolute Gasteiger partial charge is 0.0801 e. The molecule has 0 heterocycles. The highest BCUT2D eigenvalue weighted by Crippen LogP contribution is 2.18. The molecule has 0 saturated heterocycles. The van der Waals surface area contributed by atoms with Crippen LogP contribution in [0.25, 0.3) is 0 Å². The van der Waals surface area contributed by atoms with Crippen LogP contribution in [0.5, 0.6) is 0 Å². The molecule has 0 fully saturated rings. The topological polar surface area (TPSA) is 9.23 Å². The Morgan fingerprint density at radius 2 is 1.65 bits per heavy atom. The van der Waals surface area contributed by atoms with Crippen LogP contribution in [-0.2, 0) is 11.3 Å². The molecule has 0 N–H and O–H groups in total. The Balaban J connectivity index is 1.92. The number of hydrogen-bond acceptors (Lipinski definition) is 1. The molecule has 1 unspecified atom stereocenters. The second-order valence-corrected chi connectivity index (χ2v) is 5.24. The first-order valence-corrected chi connectivity index (χ1v) is 6.74. The highest BCUT2D eigenvalue weighted by molar-refractivity contribution is 14.1. The van der Waals surface area contributed by atoms with Gasteiger partial charge in [-0.25, -0.2) is 0 Å². The summed E-state index contributed by atoms with van der Waals surface area (Å²) in [6.07, 6.45) is 0.135. The first-order valence-electron chi connectivity index (χ1n) is 5.66. The molecule has 1 nitrogen and oxygen atoms in total. The zero-order valence-electron chi connectivity index (χ0n) is 9.77. The van der Waals surface area contributed by atoms with E-state index in [9.17, 15) is 0 Å². The molecular weight excluding hydrogens is 323 g/mol. The number of benzene rings is 2. The lowest BCUT2D eigenvalue weighted by Crippen LogP contribution is -2.00. The van der Waals surface area contributed by atoms with Crippen LogP contribution >= 0.6 is 22.6 Å². The summed E-state index contributed by atoms with van der Waals surface area (Å²) < 4.78 is 7.10. The fraction of sp³-hybridized carbons (Fsp3) is 0.200. The quantitative estimate of drug-likeness (QED) is 0.742. The third kappa shape index (κ3) is 3.82. The SMILES string of the molecule is CC(OCc1ccc(I)cc1)c1ccccc1. The minimum absolute atomic E-state index is 0.135. The van der Waals surface area contributed by atoms with Gasteiger partial charge < -0.3 is 4.74 Å². The van der Waals surface area contributed by atoms with Crippen molar-refractivity contribution >= 4 is 22.6 Å². The van der Waals surface area contributed by atoms with E-state index in [-0.39, 0.29) is 6.10 Å². The van der Waals surface area contributed by atoms with E-state index in [1.165, 1.54) is 14.7 Å². The molecule has 0 spiro atoms. The molecule has 2 heteroatoms. The first kappa shape index (κ1) is 12.6. The van der Waals surface area contributed by atoms with Crippen LogP contribution in [0.15, 0.2) is 54.6 Å². The maximum absolute atomic E-state index is 5.85. The maximum Gasteiger partial charge on any atom is 0.0801 e. The molecule has 2 rings (SSSR count). The molecular formula is C15H15IO. The van der Waals surface area contributed by atoms with Gasteiger partial charge in [-0.15, -0.1) is 0 Å². The highest BCUT2D eigenvalue weighted by atomic mass is 127. The first-order chi connectivity index (χ1) is 8.25. The van der Waals surface area contributed by atoms with E-state index in [0.29, 0.717) is 6.61 Å². The van der Waals surface area contributed by atoms with Gasteiger partial charge in [0.25, 0.3) is 0 Å². The summed E-state index contributed by atoms with van der Waals surface area (Å²) in [7, 11) is 0. The summed E-state index contributed by atoms with van der Waals surface area (Å²) in [5, 5.41) is 0. The van der Waals surface area contributed by atoms with Gasteiger partial charge >= 0.3 is 0 Å². The van der Waals surface area contributed by atoms with Crippen molar-refractivity contribution in [2.24, 2.45) is 0 Å². The Labute approximate surface area is 116 Å². The summed E-state index contributed by atoms with van der Waals surface area (Å²) >= 11 is 2.31. The molecule has 0 aliphatic heterocycles. The van der Waals surface area contributed by atoms with Gasteiger partial charge in [0, 0.05) is 3.57 Å². The summed E-state index contributed by atoms with van der Waals surface area (Å²) in [6, 6.07) is 18.7. The lowest BCUT2D eigenvalue weighted by Gasteiger charge is -2.13. The molecule has 0 radical (unpaired) electrons. The molecule has 0 aliphatic carbocycles. The van der Waals surface area contributed by atoms with Gasteiger partial charge in [0.15, 0.2) is 0 Å². The Kier molecular flexibility index (Phi) is 4.57. The third-order valence-corrected chi connectivity index (χ3v) is 3.40. The van der Waals surface area contributed by atoms with Crippen molar-refractivity contribution in [1.29, 1.82) is 0 Å². The Hall–Kier alpha value is -0.870. The zero-order chi connectivity index (χ0) is 12.1. The summed E-state index contributed by atoms with van der Waals surface area (Å²) in [4.78, 5) is 0. The van der Waals surface area contributed by atoms with Crippen LogP contribution in [0.2, 0.25) is 0 Å². The number of halogens is 1. The Morgan fingerprint density at radius 3 is 2.29 bits per heavy atom. The zero-order valence-corrected chi connectivity index (χ0v) is 11.9. The molecule has 88 valence electrons. The van der Waals surface area contributed by atoms with Gasteiger partial charge in [0.1, 0.15) is 0 Å². The normalized spacial score (nSPS) is 12.4. The van der Waals surface area contributed by atoms with E-state index in [4.69, 9.17) is 4.74 Å². The summed E-state index contributed by atoms with van der Waals surface area (Å²) in [5.41, 5.74) is 2.44. The standard InChI is InChI=1S/C15H15IO/c1-12(14-5-3-2-4-6-14)17-11-13-7-9-15(16)10-8-13/h2-10,12H,11H2,1H3. The van der Waals surface area contributed by atoms with Crippen LogP contribution in [0, 0.1) is 3.57 Å². The lowest BCUT2D eigenvalue weighted by atomic mass is 10.1. The van der Waals surface area contributed by atoms with Gasteiger partial charge in [0.05, 0.1) is 12.7 Å². The second-order valence-electron chi connectivity index (χ2n) is 3.99. The fourth-order valence-electron chi connectivity index (χ4n) is 1.62. The lowest BCUT2D eigenvalue weighted by molar-refractivity contribution is 0.0525. The van der Waals surface area contributed by atoms with Crippen LogP contribution in [-0.4, -0.2) is 0 Å². The molecule has 0 bridgehead atoms. The molecule has 1 atom stereocenters. The van der Waals surface area contributed by atoms with Crippen molar-refractivity contribution in [3.05, 3.63) is 69.3 Å². The van der Waals surface area contributed by atoms with Crippen molar-refractivity contribution in [3.8, 4) is 0 Å². The monoisotopic (exact) mass is 338 g/mol. The summed E-state index contributed by atoms with van der Waals surface area (Å²) in [5.74, 6) is 0. The summed E-state index contributed by atoms with van der Waals surface area (Å²) in [6.45, 7) is 2.75. The minimum atomic E-state index is 0.135. The molecule has 0 aromatic heterocycles. The maximum atomic E-state index is 5.85. The van der Waals surface area contributed by atoms with Crippen molar-refractivity contribution in [2.75, 3.05) is 0 Å². The highest BCUT2D eigenvalue weighted by Gasteiger charge is 2.04. The fourth-order valence-corrected chi connectivity index (χ4v) is 1.98. The van der Waals surface area contributed by atoms with E-state index in [0.717, 1.165) is 0 Å². The van der Waals surface area contributed by atoms with Gasteiger partial charge in [-0.3, -0.25) is 0 Å². The van der Waals surface area contributed by atoms with Crippen molar-refractivity contribution < 1.29 is 4.74 Å². The molecule has 0 amide bonds. The second kappa shape index (κ2) is 6.17. The Morgan fingerprint density at radius 1 is 1.00 bits per heavy atom. The number of ether oxygens (including phenoxy) is 1. The number of rotatable bonds is 4. The van der Waals surface area contributed by atoms with Gasteiger partial charge in [-0.2, -0.15) is 0 Å². The van der Waals surface area contributed by atoms with E-state index in [1.54, 1.807) is 0 Å². The Bertz CT molecular complexity index is 450. The molecule has 2 aromatic rings. The van der Waals surface area contributed by atoms with Gasteiger partial charge in [-0.1, -0.05) is 42.5 Å². The predicted octanol–water partition coefficient (Wildman–Crippen LogP) is 4.57. The van der Waals surface area contributed by atoms with E-state index >= 15 is 0 Å². The van der Waals surface area contributed by atoms with Crippen molar-refractivity contribution in [2.45, 2.75) is 19.6 Å². The van der Waals surface area contributed by atoms with Crippen molar-refractivity contribution in [1.82, 2.24) is 0 Å². The van der Waals surface area contributed by atoms with Crippen LogP contribution in [0.3, 0.4) is 0 Å². The van der Waals surface area contributed by atoms with Gasteiger partial charge in [0.2, 0.25) is 0 Å². The van der Waals surface area contributed by atoms with E-state index < -0.39 is 0 Å². The van der Waals surface area contributed by atoms with Gasteiger partial charge in [-0.05, 0) is 52.8 Å². The third-order valence-electron chi connectivity index (χ3n) is 2.68. The molecule has 17 heavy (non-hydrogen) atoms. The minimum Gasteiger partial charge on any atom is -0.369 e. The predicted molar refractivity (Wildman–Crippen MR) is 78.8 cm³/mol. The average Bonchev–Trinajstić information content (AvgIpc) is 2.39. The molecule has 0 saturated carbocycles. The largest absolute Gasteiger partial charge is 0.369 e. The average molecular weight is 338 g/mol. The number of hydrogen-bond donors (Lipinski definition) is 0. The molecule has 0 aliphatic rings. The van der Waals surface area contributed by atoms with Crippen LogP contribution in [0.1, 0.15) is 24.2 Å². The van der Waals surface area contributed by atoms with E-state index in [1.807, 2.05) is 18.2 Å².